The molecule has 12 heavy (non-hydrogen) atoms. The van der Waals surface area contributed by atoms with E-state index in [-0.39, 0.29) is 5.41 Å². The Morgan fingerprint density at radius 3 is 2.75 bits per heavy atom. The van der Waals surface area contributed by atoms with Crippen LogP contribution in [0.1, 0.15) is 25.7 Å². The molecule has 1 aliphatic heterocycles. The number of ether oxygens (including phenoxy) is 1. The van der Waals surface area contributed by atoms with Crippen LogP contribution in [0.5, 0.6) is 0 Å². The molecule has 0 unspecified atom stereocenters. The minimum Gasteiger partial charge on any atom is -0.377 e. The number of hydrogen-bond acceptors (Lipinski definition) is 2. The van der Waals surface area contributed by atoms with Crippen molar-refractivity contribution >= 4 is 0 Å². The summed E-state index contributed by atoms with van der Waals surface area (Å²) in [6, 6.07) is 2.44. The molecule has 1 fully saturated rings. The molecule has 2 rings (SSSR count). The van der Waals surface area contributed by atoms with Crippen molar-refractivity contribution in [1.82, 2.24) is 0 Å². The van der Waals surface area contributed by atoms with Crippen molar-refractivity contribution in [1.29, 1.82) is 5.26 Å². The third kappa shape index (κ3) is 1.05. The SMILES string of the molecule is N#CC1(C2=CCCOC2)CCC1. The second kappa shape index (κ2) is 2.91. The number of rotatable bonds is 1. The van der Waals surface area contributed by atoms with Crippen LogP contribution in [0.2, 0.25) is 0 Å². The molecule has 0 atom stereocenters. The standard InChI is InChI=1S/C10H13NO/c11-8-10(4-2-5-10)9-3-1-6-12-7-9/h3H,1-2,4-7H2. The molecule has 1 heterocycles. The van der Waals surface area contributed by atoms with E-state index in [1.165, 1.54) is 12.0 Å². The Balaban J connectivity index is 2.16. The van der Waals surface area contributed by atoms with Gasteiger partial charge in [-0.1, -0.05) is 6.08 Å². The molecule has 0 aromatic heterocycles. The van der Waals surface area contributed by atoms with E-state index < -0.39 is 0 Å². The van der Waals surface area contributed by atoms with Crippen molar-refractivity contribution in [3.8, 4) is 6.07 Å². The van der Waals surface area contributed by atoms with E-state index in [4.69, 9.17) is 10.00 Å². The molecule has 0 bridgehead atoms. The summed E-state index contributed by atoms with van der Waals surface area (Å²) >= 11 is 0. The fourth-order valence-corrected chi connectivity index (χ4v) is 1.93. The average molecular weight is 163 g/mol. The lowest BCUT2D eigenvalue weighted by atomic mass is 9.65. The van der Waals surface area contributed by atoms with Crippen LogP contribution in [0.15, 0.2) is 11.6 Å². The van der Waals surface area contributed by atoms with Gasteiger partial charge in [-0.05, 0) is 31.3 Å². The van der Waals surface area contributed by atoms with Crippen LogP contribution in [0.3, 0.4) is 0 Å². The van der Waals surface area contributed by atoms with E-state index >= 15 is 0 Å². The second-order valence-electron chi connectivity index (χ2n) is 3.62. The first kappa shape index (κ1) is 7.82. The van der Waals surface area contributed by atoms with Crippen LogP contribution >= 0.6 is 0 Å². The average Bonchev–Trinajstić information content (AvgIpc) is 2.05. The van der Waals surface area contributed by atoms with Gasteiger partial charge in [0.2, 0.25) is 0 Å². The summed E-state index contributed by atoms with van der Waals surface area (Å²) in [5.41, 5.74) is 1.11. The zero-order valence-corrected chi connectivity index (χ0v) is 7.18. The number of nitriles is 1. The maximum Gasteiger partial charge on any atom is 0.0804 e. The van der Waals surface area contributed by atoms with Crippen molar-refractivity contribution in [2.24, 2.45) is 5.41 Å². The molecule has 2 aliphatic rings. The normalized spacial score (nSPS) is 26.8. The third-order valence-electron chi connectivity index (χ3n) is 2.95. The number of hydrogen-bond donors (Lipinski definition) is 0. The van der Waals surface area contributed by atoms with Gasteiger partial charge in [-0.2, -0.15) is 5.26 Å². The zero-order valence-electron chi connectivity index (χ0n) is 7.18. The zero-order chi connectivity index (χ0) is 8.44. The minimum atomic E-state index is -0.125. The van der Waals surface area contributed by atoms with Crippen LogP contribution in [-0.4, -0.2) is 13.2 Å². The maximum atomic E-state index is 9.04. The fourth-order valence-electron chi connectivity index (χ4n) is 1.93. The Bertz CT molecular complexity index is 245. The van der Waals surface area contributed by atoms with E-state index in [0.29, 0.717) is 6.61 Å². The molecule has 0 spiro atoms. The van der Waals surface area contributed by atoms with Crippen molar-refractivity contribution in [2.45, 2.75) is 25.7 Å². The van der Waals surface area contributed by atoms with Gasteiger partial charge in [-0.25, -0.2) is 0 Å². The molecular weight excluding hydrogens is 150 g/mol. The molecular formula is C10H13NO. The van der Waals surface area contributed by atoms with Crippen molar-refractivity contribution in [3.63, 3.8) is 0 Å². The minimum absolute atomic E-state index is 0.125. The van der Waals surface area contributed by atoms with Gasteiger partial charge in [-0.3, -0.25) is 0 Å². The largest absolute Gasteiger partial charge is 0.377 e. The van der Waals surface area contributed by atoms with Gasteiger partial charge in [0, 0.05) is 0 Å². The summed E-state index contributed by atoms with van der Waals surface area (Å²) in [6.45, 7) is 1.51. The molecule has 2 nitrogen and oxygen atoms in total. The summed E-state index contributed by atoms with van der Waals surface area (Å²) in [7, 11) is 0. The first-order valence-electron chi connectivity index (χ1n) is 4.56. The first-order chi connectivity index (χ1) is 5.87. The van der Waals surface area contributed by atoms with E-state index in [2.05, 4.69) is 12.1 Å². The Hall–Kier alpha value is -0.810. The molecule has 1 saturated carbocycles. The summed E-state index contributed by atoms with van der Waals surface area (Å²) < 4.78 is 5.35. The van der Waals surface area contributed by atoms with Crippen LogP contribution in [0.4, 0.5) is 0 Å². The predicted molar refractivity (Wildman–Crippen MR) is 45.4 cm³/mol. The van der Waals surface area contributed by atoms with Crippen molar-refractivity contribution < 1.29 is 4.74 Å². The molecule has 0 radical (unpaired) electrons. The van der Waals surface area contributed by atoms with Gasteiger partial charge in [0.1, 0.15) is 0 Å². The molecule has 0 N–H and O–H groups in total. The summed E-state index contributed by atoms with van der Waals surface area (Å²) in [6.07, 6.45) is 6.47. The highest BCUT2D eigenvalue weighted by molar-refractivity contribution is 5.28. The predicted octanol–water partition coefficient (Wildman–Crippen LogP) is 2.03. The van der Waals surface area contributed by atoms with E-state index in [1.54, 1.807) is 0 Å². The molecule has 64 valence electrons. The van der Waals surface area contributed by atoms with Crippen molar-refractivity contribution in [2.75, 3.05) is 13.2 Å². The van der Waals surface area contributed by atoms with Gasteiger partial charge < -0.3 is 4.74 Å². The molecule has 0 saturated heterocycles. The lowest BCUT2D eigenvalue weighted by Gasteiger charge is -2.38. The van der Waals surface area contributed by atoms with Gasteiger partial charge in [0.15, 0.2) is 0 Å². The lowest BCUT2D eigenvalue weighted by Crippen LogP contribution is -2.33. The van der Waals surface area contributed by atoms with E-state index in [1.807, 2.05) is 0 Å². The monoisotopic (exact) mass is 163 g/mol. The summed E-state index contributed by atoms with van der Waals surface area (Å²) in [5.74, 6) is 0. The molecule has 0 amide bonds. The number of nitrogens with zero attached hydrogens (tertiary/aromatic N) is 1. The van der Waals surface area contributed by atoms with Gasteiger partial charge in [-0.15, -0.1) is 0 Å². The Labute approximate surface area is 72.8 Å². The van der Waals surface area contributed by atoms with Crippen LogP contribution < -0.4 is 0 Å². The molecule has 0 aromatic carbocycles. The summed E-state index contributed by atoms with van der Waals surface area (Å²) in [4.78, 5) is 0. The van der Waals surface area contributed by atoms with E-state index in [9.17, 15) is 0 Å². The topological polar surface area (TPSA) is 33.0 Å². The van der Waals surface area contributed by atoms with Gasteiger partial charge >= 0.3 is 0 Å². The highest BCUT2D eigenvalue weighted by Gasteiger charge is 2.40. The highest BCUT2D eigenvalue weighted by atomic mass is 16.5. The molecule has 1 aliphatic carbocycles. The smallest absolute Gasteiger partial charge is 0.0804 e. The van der Waals surface area contributed by atoms with Crippen LogP contribution in [0.25, 0.3) is 0 Å². The Kier molecular flexibility index (Phi) is 1.90. The maximum absolute atomic E-state index is 9.04. The third-order valence-corrected chi connectivity index (χ3v) is 2.95. The quantitative estimate of drug-likeness (QED) is 0.554. The van der Waals surface area contributed by atoms with Crippen molar-refractivity contribution in [3.05, 3.63) is 11.6 Å². The molecule has 2 heteroatoms. The van der Waals surface area contributed by atoms with E-state index in [0.717, 1.165) is 25.9 Å². The van der Waals surface area contributed by atoms with Crippen LogP contribution in [-0.2, 0) is 4.74 Å². The fraction of sp³-hybridized carbons (Fsp3) is 0.700. The summed E-state index contributed by atoms with van der Waals surface area (Å²) in [5, 5.41) is 9.04. The molecule has 0 aromatic rings. The second-order valence-corrected chi connectivity index (χ2v) is 3.62. The Morgan fingerprint density at radius 1 is 1.50 bits per heavy atom. The Morgan fingerprint density at radius 2 is 2.33 bits per heavy atom. The first-order valence-corrected chi connectivity index (χ1v) is 4.56. The van der Waals surface area contributed by atoms with Gasteiger partial charge in [0.05, 0.1) is 24.7 Å². The van der Waals surface area contributed by atoms with Gasteiger partial charge in [0.25, 0.3) is 0 Å². The lowest BCUT2D eigenvalue weighted by molar-refractivity contribution is 0.120. The highest BCUT2D eigenvalue weighted by Crippen LogP contribution is 2.47. The van der Waals surface area contributed by atoms with Crippen LogP contribution in [0, 0.1) is 16.7 Å².